The Bertz CT molecular complexity index is 1590. The smallest absolute Gasteiger partial charge is 0.321 e. The summed E-state index contributed by atoms with van der Waals surface area (Å²) in [7, 11) is 0. The van der Waals surface area contributed by atoms with Crippen molar-refractivity contribution in [1.29, 1.82) is 0 Å². The van der Waals surface area contributed by atoms with Gasteiger partial charge in [-0.15, -0.1) is 10.2 Å². The number of carbonyl (C=O) groups is 1. The van der Waals surface area contributed by atoms with Crippen LogP contribution in [-0.2, 0) is 4.79 Å². The fourth-order valence-corrected chi connectivity index (χ4v) is 3.98. The number of ether oxygens (including phenoxy) is 1. The zero-order valence-electron chi connectivity index (χ0n) is 19.6. The molecule has 1 amide bonds. The molecule has 3 heterocycles. The second-order valence-corrected chi connectivity index (χ2v) is 8.65. The highest BCUT2D eigenvalue weighted by Crippen LogP contribution is 2.30. The van der Waals surface area contributed by atoms with E-state index in [1.807, 2.05) is 12.1 Å². The zero-order valence-corrected chi connectivity index (χ0v) is 19.6. The van der Waals surface area contributed by atoms with Crippen LogP contribution in [0.15, 0.2) is 67.3 Å². The average molecular weight is 512 g/mol. The summed E-state index contributed by atoms with van der Waals surface area (Å²) < 4.78 is 64.4. The maximum atomic E-state index is 14.0. The molecule has 0 aliphatic rings. The molecule has 0 fully saturated rings. The molecular weight excluding hydrogens is 492 g/mol. The molecule has 8 nitrogen and oxygen atoms in total. The van der Waals surface area contributed by atoms with Crippen LogP contribution >= 0.6 is 0 Å². The Morgan fingerprint density at radius 1 is 1.08 bits per heavy atom. The average Bonchev–Trinajstić information content (AvgIpc) is 3.47. The van der Waals surface area contributed by atoms with Gasteiger partial charge in [0.15, 0.2) is 5.65 Å². The number of halogens is 4. The number of hydrogen-bond donors (Lipinski definition) is 1. The van der Waals surface area contributed by atoms with E-state index in [1.165, 1.54) is 6.92 Å². The Hall–Kier alpha value is -4.48. The predicted molar refractivity (Wildman–Crippen MR) is 126 cm³/mol. The lowest BCUT2D eigenvalue weighted by atomic mass is 10.0. The molecular formula is C25H20F4N6O2. The Balaban J connectivity index is 1.47. The highest BCUT2D eigenvalue weighted by molar-refractivity contribution is 5.83. The normalized spacial score (nSPS) is 13.6. The van der Waals surface area contributed by atoms with Gasteiger partial charge in [0.05, 0.1) is 23.4 Å². The lowest BCUT2D eigenvalue weighted by Crippen LogP contribution is -2.46. The van der Waals surface area contributed by atoms with Crippen molar-refractivity contribution in [3.05, 3.63) is 84.4 Å². The molecule has 3 aromatic heterocycles. The van der Waals surface area contributed by atoms with E-state index >= 15 is 0 Å². The largest absolute Gasteiger partial charge is 0.484 e. The van der Waals surface area contributed by atoms with E-state index in [0.717, 1.165) is 23.3 Å². The fourth-order valence-electron chi connectivity index (χ4n) is 3.98. The van der Waals surface area contributed by atoms with Gasteiger partial charge in [-0.2, -0.15) is 13.9 Å². The highest BCUT2D eigenvalue weighted by Gasteiger charge is 2.35. The molecule has 5 rings (SSSR count). The SMILES string of the molecule is C[C@H](NC(=O)C(C)(F)F)[C@H](Oc1ccc2c(cnn2-c2ccn3cnnc3c2)c1)c1cc(F)cc(F)c1. The van der Waals surface area contributed by atoms with Gasteiger partial charge in [0.25, 0.3) is 5.91 Å². The molecule has 0 aliphatic heterocycles. The number of benzene rings is 2. The number of hydrogen-bond acceptors (Lipinski definition) is 5. The second kappa shape index (κ2) is 9.19. The Kier molecular flexibility index (Phi) is 6.02. The summed E-state index contributed by atoms with van der Waals surface area (Å²) in [5, 5.41) is 15.2. The van der Waals surface area contributed by atoms with Gasteiger partial charge in [-0.25, -0.2) is 13.5 Å². The van der Waals surface area contributed by atoms with Gasteiger partial charge in [0, 0.05) is 36.2 Å². The standard InChI is InChI=1S/C25H20F4N6O2/c1-14(32-24(36)25(2,28)29)23(15-7-17(26)10-18(27)8-15)37-20-3-4-21-16(9-20)12-31-35(21)19-5-6-34-13-30-33-22(34)11-19/h3-14,23H,1-2H3,(H,32,36)/t14-,23-/m0/s1. The van der Waals surface area contributed by atoms with Crippen molar-refractivity contribution in [3.8, 4) is 11.4 Å². The lowest BCUT2D eigenvalue weighted by Gasteiger charge is -2.27. The van der Waals surface area contributed by atoms with Gasteiger partial charge in [0.1, 0.15) is 29.8 Å². The van der Waals surface area contributed by atoms with Crippen LogP contribution in [0, 0.1) is 11.6 Å². The Labute approximate surface area is 207 Å². The van der Waals surface area contributed by atoms with Gasteiger partial charge in [-0.3, -0.25) is 9.20 Å². The third kappa shape index (κ3) is 4.95. The maximum absolute atomic E-state index is 14.0. The summed E-state index contributed by atoms with van der Waals surface area (Å²) in [6.07, 6.45) is 3.80. The van der Waals surface area contributed by atoms with Crippen molar-refractivity contribution in [2.24, 2.45) is 0 Å². The third-order valence-electron chi connectivity index (χ3n) is 5.76. The van der Waals surface area contributed by atoms with Gasteiger partial charge < -0.3 is 10.1 Å². The molecule has 1 N–H and O–H groups in total. The minimum atomic E-state index is -3.64. The first-order valence-electron chi connectivity index (χ1n) is 11.2. The molecule has 0 bridgehead atoms. The quantitative estimate of drug-likeness (QED) is 0.322. The monoisotopic (exact) mass is 512 g/mol. The molecule has 2 atom stereocenters. The Morgan fingerprint density at radius 3 is 2.57 bits per heavy atom. The van der Waals surface area contributed by atoms with Gasteiger partial charge in [0.2, 0.25) is 0 Å². The number of amides is 1. The van der Waals surface area contributed by atoms with E-state index in [4.69, 9.17) is 4.74 Å². The second-order valence-electron chi connectivity index (χ2n) is 8.65. The molecule has 0 radical (unpaired) electrons. The van der Waals surface area contributed by atoms with Crippen LogP contribution in [0.5, 0.6) is 5.75 Å². The maximum Gasteiger partial charge on any atom is 0.321 e. The number of pyridine rings is 1. The van der Waals surface area contributed by atoms with Crippen LogP contribution in [0.2, 0.25) is 0 Å². The summed E-state index contributed by atoms with van der Waals surface area (Å²) in [5.74, 6) is -6.64. The molecule has 37 heavy (non-hydrogen) atoms. The van der Waals surface area contributed by atoms with Crippen molar-refractivity contribution in [2.45, 2.75) is 31.9 Å². The molecule has 5 aromatic rings. The van der Waals surface area contributed by atoms with Crippen molar-refractivity contribution in [1.82, 2.24) is 29.7 Å². The minimum Gasteiger partial charge on any atom is -0.484 e. The van der Waals surface area contributed by atoms with Gasteiger partial charge in [-0.05, 0) is 43.3 Å². The third-order valence-corrected chi connectivity index (χ3v) is 5.76. The number of nitrogens with one attached hydrogen (secondary N) is 1. The first-order valence-corrected chi connectivity index (χ1v) is 11.2. The van der Waals surface area contributed by atoms with Crippen LogP contribution in [0.4, 0.5) is 17.6 Å². The van der Waals surface area contributed by atoms with E-state index in [2.05, 4.69) is 20.6 Å². The van der Waals surface area contributed by atoms with Crippen molar-refractivity contribution >= 4 is 22.5 Å². The van der Waals surface area contributed by atoms with Crippen molar-refractivity contribution < 1.29 is 27.1 Å². The van der Waals surface area contributed by atoms with E-state index in [-0.39, 0.29) is 11.3 Å². The van der Waals surface area contributed by atoms with E-state index in [1.54, 1.807) is 46.0 Å². The van der Waals surface area contributed by atoms with E-state index < -0.39 is 35.6 Å². The van der Waals surface area contributed by atoms with E-state index in [9.17, 15) is 22.4 Å². The highest BCUT2D eigenvalue weighted by atomic mass is 19.3. The van der Waals surface area contributed by atoms with Gasteiger partial charge >= 0.3 is 5.92 Å². The molecule has 190 valence electrons. The van der Waals surface area contributed by atoms with Crippen molar-refractivity contribution in [2.75, 3.05) is 0 Å². The summed E-state index contributed by atoms with van der Waals surface area (Å²) in [4.78, 5) is 11.9. The molecule has 0 unspecified atom stereocenters. The summed E-state index contributed by atoms with van der Waals surface area (Å²) in [5.41, 5.74) is 2.15. The number of rotatable bonds is 7. The van der Waals surface area contributed by atoms with Gasteiger partial charge in [-0.1, -0.05) is 0 Å². The number of aromatic nitrogens is 5. The minimum absolute atomic E-state index is 0.0297. The molecule has 12 heteroatoms. The van der Waals surface area contributed by atoms with Crippen LogP contribution in [0.25, 0.3) is 22.2 Å². The Morgan fingerprint density at radius 2 is 1.84 bits per heavy atom. The zero-order chi connectivity index (χ0) is 26.3. The molecule has 0 saturated carbocycles. The molecule has 0 spiro atoms. The first kappa shape index (κ1) is 24.2. The lowest BCUT2D eigenvalue weighted by molar-refractivity contribution is -0.144. The number of fused-ring (bicyclic) bond motifs is 2. The summed E-state index contributed by atoms with van der Waals surface area (Å²) >= 11 is 0. The number of carbonyl (C=O) groups excluding carboxylic acids is 1. The fraction of sp³-hybridized carbons (Fsp3) is 0.200. The molecule has 0 aliphatic carbocycles. The number of nitrogens with zero attached hydrogens (tertiary/aromatic N) is 5. The summed E-state index contributed by atoms with van der Waals surface area (Å²) in [6.45, 7) is 1.87. The van der Waals surface area contributed by atoms with Crippen LogP contribution in [0.1, 0.15) is 25.5 Å². The predicted octanol–water partition coefficient (Wildman–Crippen LogP) is 4.63. The van der Waals surface area contributed by atoms with Crippen LogP contribution in [0.3, 0.4) is 0 Å². The molecule has 0 saturated heterocycles. The molecule has 2 aromatic carbocycles. The summed E-state index contributed by atoms with van der Waals surface area (Å²) in [6, 6.07) is 10.3. The van der Waals surface area contributed by atoms with Crippen LogP contribution < -0.4 is 10.1 Å². The number of alkyl halides is 2. The first-order chi connectivity index (χ1) is 17.6. The van der Waals surface area contributed by atoms with Crippen LogP contribution in [-0.4, -0.2) is 42.3 Å². The van der Waals surface area contributed by atoms with E-state index in [0.29, 0.717) is 24.0 Å². The van der Waals surface area contributed by atoms with Crippen molar-refractivity contribution in [3.63, 3.8) is 0 Å². The topological polar surface area (TPSA) is 86.3 Å².